The van der Waals surface area contributed by atoms with Crippen molar-refractivity contribution in [1.29, 1.82) is 0 Å². The predicted octanol–water partition coefficient (Wildman–Crippen LogP) is 2.72. The summed E-state index contributed by atoms with van der Waals surface area (Å²) in [5.41, 5.74) is 7.80. The molecule has 0 saturated carbocycles. The second-order valence-corrected chi connectivity index (χ2v) is 6.61. The van der Waals surface area contributed by atoms with E-state index in [2.05, 4.69) is 16.2 Å². The zero-order valence-corrected chi connectivity index (χ0v) is 15.8. The van der Waals surface area contributed by atoms with Gasteiger partial charge >= 0.3 is 0 Å². The summed E-state index contributed by atoms with van der Waals surface area (Å²) in [6.45, 7) is 0.271. The maximum absolute atomic E-state index is 13.2. The Kier molecular flexibility index (Phi) is 6.15. The predicted molar refractivity (Wildman–Crippen MR) is 100 cm³/mol. The molecule has 2 aromatic rings. The number of methoxy groups -OCH3 is 2. The van der Waals surface area contributed by atoms with Crippen LogP contribution in [0.5, 0.6) is 11.5 Å². The van der Waals surface area contributed by atoms with E-state index < -0.39 is 11.9 Å². The average Bonchev–Trinajstić information content (AvgIpc) is 3.18. The number of hydrazine groups is 1. The third kappa shape index (κ3) is 4.50. The van der Waals surface area contributed by atoms with Crippen LogP contribution in [0.4, 0.5) is 4.39 Å². The van der Waals surface area contributed by atoms with Crippen LogP contribution in [0.15, 0.2) is 36.4 Å². The number of ether oxygens (including phenoxy) is 2. The lowest BCUT2D eigenvalue weighted by molar-refractivity contribution is -0.123. The minimum atomic E-state index is -0.482. The first-order valence-corrected chi connectivity index (χ1v) is 8.84. The standard InChI is InChI=1S/C19H21ClFN3O3/c1-26-12-4-5-13(18(8-12)27-2)16-9-17(24-23-16)19(25)22-10-11-3-6-15(21)14(20)7-11/h3-8,16-17,23-24H,9-10H2,1-2H3,(H,22,25). The number of hydrogen-bond donors (Lipinski definition) is 3. The Bertz CT molecular complexity index is 834. The molecule has 1 heterocycles. The van der Waals surface area contributed by atoms with Crippen LogP contribution in [0, 0.1) is 5.82 Å². The fourth-order valence-corrected chi connectivity index (χ4v) is 3.20. The van der Waals surface area contributed by atoms with Crippen molar-refractivity contribution in [2.45, 2.75) is 25.0 Å². The maximum Gasteiger partial charge on any atom is 0.238 e. The van der Waals surface area contributed by atoms with Gasteiger partial charge in [-0.2, -0.15) is 0 Å². The van der Waals surface area contributed by atoms with Gasteiger partial charge in [0.15, 0.2) is 0 Å². The zero-order chi connectivity index (χ0) is 19.4. The minimum absolute atomic E-state index is 0.0362. The first kappa shape index (κ1) is 19.4. The highest BCUT2D eigenvalue weighted by Crippen LogP contribution is 2.33. The maximum atomic E-state index is 13.2. The SMILES string of the molecule is COc1ccc(C2CC(C(=O)NCc3ccc(F)c(Cl)c3)NN2)c(OC)c1. The number of amides is 1. The number of hydrogen-bond acceptors (Lipinski definition) is 5. The Morgan fingerprint density at radius 1 is 1.22 bits per heavy atom. The van der Waals surface area contributed by atoms with Crippen LogP contribution in [0.25, 0.3) is 0 Å². The van der Waals surface area contributed by atoms with Gasteiger partial charge in [-0.1, -0.05) is 23.7 Å². The highest BCUT2D eigenvalue weighted by Gasteiger charge is 2.31. The van der Waals surface area contributed by atoms with Gasteiger partial charge in [0, 0.05) is 18.2 Å². The van der Waals surface area contributed by atoms with Gasteiger partial charge in [-0.05, 0) is 30.2 Å². The summed E-state index contributed by atoms with van der Waals surface area (Å²) >= 11 is 5.76. The third-order valence-electron chi connectivity index (χ3n) is 4.49. The second-order valence-electron chi connectivity index (χ2n) is 6.20. The fourth-order valence-electron chi connectivity index (χ4n) is 3.00. The van der Waals surface area contributed by atoms with Crippen LogP contribution >= 0.6 is 11.6 Å². The van der Waals surface area contributed by atoms with Crippen LogP contribution in [0.2, 0.25) is 5.02 Å². The van der Waals surface area contributed by atoms with E-state index in [0.29, 0.717) is 17.9 Å². The van der Waals surface area contributed by atoms with Gasteiger partial charge in [-0.15, -0.1) is 0 Å². The van der Waals surface area contributed by atoms with Gasteiger partial charge in [-0.3, -0.25) is 4.79 Å². The number of benzene rings is 2. The van der Waals surface area contributed by atoms with Gasteiger partial charge in [-0.25, -0.2) is 15.2 Å². The summed E-state index contributed by atoms with van der Waals surface area (Å²) in [4.78, 5) is 12.4. The Hall–Kier alpha value is -2.35. The van der Waals surface area contributed by atoms with Crippen LogP contribution in [-0.2, 0) is 11.3 Å². The fraction of sp³-hybridized carbons (Fsp3) is 0.316. The normalized spacial score (nSPS) is 19.0. The summed E-state index contributed by atoms with van der Waals surface area (Å²) in [7, 11) is 3.19. The molecule has 2 aromatic carbocycles. The summed E-state index contributed by atoms with van der Waals surface area (Å²) in [5.74, 6) is 0.757. The van der Waals surface area contributed by atoms with Crippen molar-refractivity contribution in [2.24, 2.45) is 0 Å². The van der Waals surface area contributed by atoms with E-state index in [1.165, 1.54) is 12.1 Å². The average molecular weight is 394 g/mol. The quantitative estimate of drug-likeness (QED) is 0.704. The van der Waals surface area contributed by atoms with E-state index in [9.17, 15) is 9.18 Å². The van der Waals surface area contributed by atoms with E-state index >= 15 is 0 Å². The minimum Gasteiger partial charge on any atom is -0.497 e. The van der Waals surface area contributed by atoms with Crippen molar-refractivity contribution < 1.29 is 18.7 Å². The Morgan fingerprint density at radius 2 is 2.04 bits per heavy atom. The van der Waals surface area contributed by atoms with E-state index in [-0.39, 0.29) is 23.5 Å². The smallest absolute Gasteiger partial charge is 0.238 e. The molecule has 1 aliphatic heterocycles. The summed E-state index contributed by atoms with van der Waals surface area (Å²) in [5, 5.41) is 2.87. The summed E-state index contributed by atoms with van der Waals surface area (Å²) in [6, 6.07) is 9.46. The molecule has 144 valence electrons. The van der Waals surface area contributed by atoms with Gasteiger partial charge in [0.05, 0.1) is 25.3 Å². The van der Waals surface area contributed by atoms with Crippen LogP contribution < -0.4 is 25.6 Å². The number of carbonyl (C=O) groups excluding carboxylic acids is 1. The van der Waals surface area contributed by atoms with Gasteiger partial charge in [0.2, 0.25) is 5.91 Å². The molecule has 0 bridgehead atoms. The molecule has 3 N–H and O–H groups in total. The zero-order valence-electron chi connectivity index (χ0n) is 15.0. The molecule has 3 rings (SSSR count). The molecule has 1 aliphatic rings. The molecular formula is C19H21ClFN3O3. The first-order chi connectivity index (χ1) is 13.0. The van der Waals surface area contributed by atoms with E-state index in [1.54, 1.807) is 20.3 Å². The van der Waals surface area contributed by atoms with Crippen molar-refractivity contribution in [3.8, 4) is 11.5 Å². The van der Waals surface area contributed by atoms with Crippen molar-refractivity contribution in [2.75, 3.05) is 14.2 Å². The van der Waals surface area contributed by atoms with Crippen LogP contribution in [0.3, 0.4) is 0 Å². The van der Waals surface area contributed by atoms with Gasteiger partial charge in [0.25, 0.3) is 0 Å². The number of nitrogens with one attached hydrogen (secondary N) is 3. The lowest BCUT2D eigenvalue weighted by Crippen LogP contribution is -2.42. The lowest BCUT2D eigenvalue weighted by Gasteiger charge is -2.15. The molecule has 0 spiro atoms. The monoisotopic (exact) mass is 393 g/mol. The molecule has 0 radical (unpaired) electrons. The van der Waals surface area contributed by atoms with Crippen molar-refractivity contribution in [1.82, 2.24) is 16.2 Å². The van der Waals surface area contributed by atoms with Gasteiger partial charge < -0.3 is 14.8 Å². The molecule has 1 saturated heterocycles. The molecule has 6 nitrogen and oxygen atoms in total. The molecule has 1 amide bonds. The highest BCUT2D eigenvalue weighted by molar-refractivity contribution is 6.30. The van der Waals surface area contributed by atoms with Crippen LogP contribution in [-0.4, -0.2) is 26.2 Å². The molecule has 1 fully saturated rings. The molecule has 8 heteroatoms. The topological polar surface area (TPSA) is 71.6 Å². The molecule has 27 heavy (non-hydrogen) atoms. The molecule has 2 atom stereocenters. The number of carbonyl (C=O) groups is 1. The largest absolute Gasteiger partial charge is 0.497 e. The number of rotatable bonds is 6. The second kappa shape index (κ2) is 8.56. The first-order valence-electron chi connectivity index (χ1n) is 8.46. The van der Waals surface area contributed by atoms with Crippen LogP contribution in [0.1, 0.15) is 23.6 Å². The van der Waals surface area contributed by atoms with Gasteiger partial charge in [0.1, 0.15) is 23.4 Å². The molecule has 0 aliphatic carbocycles. The Balaban J connectivity index is 1.60. The highest BCUT2D eigenvalue weighted by atomic mass is 35.5. The molecule has 0 aromatic heterocycles. The van der Waals surface area contributed by atoms with E-state index in [0.717, 1.165) is 11.1 Å². The van der Waals surface area contributed by atoms with Crippen molar-refractivity contribution >= 4 is 17.5 Å². The molecular weight excluding hydrogens is 373 g/mol. The van der Waals surface area contributed by atoms with E-state index in [1.807, 2.05) is 18.2 Å². The summed E-state index contributed by atoms with van der Waals surface area (Å²) in [6.07, 6.45) is 0.554. The third-order valence-corrected chi connectivity index (χ3v) is 4.78. The van der Waals surface area contributed by atoms with Crippen molar-refractivity contribution in [3.63, 3.8) is 0 Å². The van der Waals surface area contributed by atoms with E-state index in [4.69, 9.17) is 21.1 Å². The lowest BCUT2D eigenvalue weighted by atomic mass is 10.0. The van der Waals surface area contributed by atoms with Crippen molar-refractivity contribution in [3.05, 3.63) is 58.4 Å². The number of halogens is 2. The molecule has 2 unspecified atom stereocenters. The Morgan fingerprint density at radius 3 is 2.74 bits per heavy atom. The summed E-state index contributed by atoms with van der Waals surface area (Å²) < 4.78 is 23.8. The Labute approximate surface area is 162 Å².